The molecule has 0 radical (unpaired) electrons. The lowest BCUT2D eigenvalue weighted by Gasteiger charge is -2.22. The van der Waals surface area contributed by atoms with Gasteiger partial charge in [-0.25, -0.2) is 4.79 Å². The van der Waals surface area contributed by atoms with Crippen LogP contribution in [0.25, 0.3) is 0 Å². The number of aliphatic hydroxyl groups excluding tert-OH is 1. The summed E-state index contributed by atoms with van der Waals surface area (Å²) in [5.74, 6) is -0.738. The molecule has 0 saturated heterocycles. The van der Waals surface area contributed by atoms with Crippen molar-refractivity contribution >= 4 is 11.9 Å². The zero-order valence-electron chi connectivity index (χ0n) is 11.8. The van der Waals surface area contributed by atoms with Crippen LogP contribution in [0.1, 0.15) is 33.1 Å². The van der Waals surface area contributed by atoms with Gasteiger partial charge in [-0.3, -0.25) is 4.79 Å². The number of nitrogens with one attached hydrogen (secondary N) is 1. The van der Waals surface area contributed by atoms with Gasteiger partial charge in [0.15, 0.2) is 0 Å². The third-order valence-corrected chi connectivity index (χ3v) is 3.71. The Morgan fingerprint density at radius 1 is 1.42 bits per heavy atom. The lowest BCUT2D eigenvalue weighted by Crippen LogP contribution is -2.46. The molecule has 1 fully saturated rings. The summed E-state index contributed by atoms with van der Waals surface area (Å²) in [5.41, 5.74) is 5.83. The van der Waals surface area contributed by atoms with Gasteiger partial charge in [0.05, 0.1) is 13.2 Å². The van der Waals surface area contributed by atoms with Crippen molar-refractivity contribution in [3.8, 4) is 0 Å². The van der Waals surface area contributed by atoms with E-state index in [1.807, 2.05) is 13.8 Å². The Hall–Kier alpha value is -1.14. The van der Waals surface area contributed by atoms with Crippen LogP contribution in [0, 0.1) is 11.8 Å². The molecular formula is C13H24N2O4. The van der Waals surface area contributed by atoms with E-state index in [0.717, 1.165) is 6.42 Å². The molecule has 0 aromatic rings. The molecule has 0 bridgehead atoms. The predicted molar refractivity (Wildman–Crippen MR) is 70.1 cm³/mol. The van der Waals surface area contributed by atoms with E-state index in [1.165, 1.54) is 7.11 Å². The Bertz CT molecular complexity index is 333. The van der Waals surface area contributed by atoms with Crippen LogP contribution in [0.15, 0.2) is 0 Å². The normalized spacial score (nSPS) is 28.2. The Morgan fingerprint density at radius 2 is 2.05 bits per heavy atom. The summed E-state index contributed by atoms with van der Waals surface area (Å²) in [7, 11) is 1.30. The van der Waals surface area contributed by atoms with Gasteiger partial charge in [0.2, 0.25) is 5.91 Å². The van der Waals surface area contributed by atoms with Crippen LogP contribution in [0.2, 0.25) is 0 Å². The molecule has 1 aliphatic carbocycles. The van der Waals surface area contributed by atoms with E-state index in [-0.39, 0.29) is 30.2 Å². The van der Waals surface area contributed by atoms with Crippen molar-refractivity contribution < 1.29 is 19.4 Å². The molecule has 110 valence electrons. The zero-order chi connectivity index (χ0) is 14.6. The molecule has 1 saturated carbocycles. The Labute approximate surface area is 113 Å². The van der Waals surface area contributed by atoms with Crippen LogP contribution in [0.5, 0.6) is 0 Å². The summed E-state index contributed by atoms with van der Waals surface area (Å²) in [4.78, 5) is 23.5. The first kappa shape index (κ1) is 15.9. The fraction of sp³-hybridized carbons (Fsp3) is 0.846. The number of aliphatic hydroxyl groups is 1. The maximum absolute atomic E-state index is 11.9. The van der Waals surface area contributed by atoms with Gasteiger partial charge < -0.3 is 20.9 Å². The van der Waals surface area contributed by atoms with Gasteiger partial charge in [-0.05, 0) is 24.7 Å². The molecule has 0 aromatic heterocycles. The topological polar surface area (TPSA) is 102 Å². The molecule has 1 rings (SSSR count). The molecule has 6 heteroatoms. The number of esters is 1. The van der Waals surface area contributed by atoms with Gasteiger partial charge in [0, 0.05) is 12.5 Å². The minimum Gasteiger partial charge on any atom is -0.467 e. The molecule has 4 N–H and O–H groups in total. The average molecular weight is 272 g/mol. The van der Waals surface area contributed by atoms with E-state index in [0.29, 0.717) is 6.42 Å². The van der Waals surface area contributed by atoms with Crippen LogP contribution in [-0.4, -0.2) is 42.3 Å². The third kappa shape index (κ3) is 4.18. The highest BCUT2D eigenvalue weighted by Gasteiger charge is 2.34. The number of ether oxygens (including phenoxy) is 1. The van der Waals surface area contributed by atoms with Gasteiger partial charge in [0.1, 0.15) is 6.04 Å². The lowest BCUT2D eigenvalue weighted by atomic mass is 9.98. The van der Waals surface area contributed by atoms with E-state index >= 15 is 0 Å². The first-order valence-corrected chi connectivity index (χ1v) is 6.67. The number of hydrogen-bond donors (Lipinski definition) is 3. The summed E-state index contributed by atoms with van der Waals surface area (Å²) >= 11 is 0. The molecule has 0 aromatic carbocycles. The number of amides is 1. The maximum Gasteiger partial charge on any atom is 0.328 e. The molecule has 3 unspecified atom stereocenters. The van der Waals surface area contributed by atoms with E-state index in [4.69, 9.17) is 5.73 Å². The molecule has 4 atom stereocenters. The van der Waals surface area contributed by atoms with Gasteiger partial charge in [-0.2, -0.15) is 0 Å². The van der Waals surface area contributed by atoms with E-state index in [1.54, 1.807) is 0 Å². The number of rotatable bonds is 5. The number of carbonyl (C=O) groups is 2. The molecule has 1 aliphatic rings. The largest absolute Gasteiger partial charge is 0.467 e. The second-order valence-electron chi connectivity index (χ2n) is 5.50. The van der Waals surface area contributed by atoms with Crippen molar-refractivity contribution in [1.29, 1.82) is 0 Å². The number of hydrogen-bond acceptors (Lipinski definition) is 5. The Morgan fingerprint density at radius 3 is 2.47 bits per heavy atom. The van der Waals surface area contributed by atoms with Gasteiger partial charge in [-0.1, -0.05) is 13.8 Å². The quantitative estimate of drug-likeness (QED) is 0.601. The fourth-order valence-corrected chi connectivity index (χ4v) is 2.42. The van der Waals surface area contributed by atoms with Gasteiger partial charge in [0.25, 0.3) is 0 Å². The van der Waals surface area contributed by atoms with Crippen LogP contribution in [0.4, 0.5) is 0 Å². The number of carbonyl (C=O) groups excluding carboxylic acids is 2. The summed E-state index contributed by atoms with van der Waals surface area (Å²) in [5, 5.41) is 12.2. The lowest BCUT2D eigenvalue weighted by molar-refractivity contribution is -0.146. The van der Waals surface area contributed by atoms with Crippen molar-refractivity contribution in [2.75, 3.05) is 7.11 Å². The first-order valence-electron chi connectivity index (χ1n) is 6.67. The van der Waals surface area contributed by atoms with Gasteiger partial charge in [-0.15, -0.1) is 0 Å². The van der Waals surface area contributed by atoms with Crippen molar-refractivity contribution in [3.63, 3.8) is 0 Å². The highest BCUT2D eigenvalue weighted by Crippen LogP contribution is 2.27. The predicted octanol–water partition coefficient (Wildman–Crippen LogP) is -0.211. The van der Waals surface area contributed by atoms with Crippen LogP contribution < -0.4 is 11.1 Å². The van der Waals surface area contributed by atoms with Crippen molar-refractivity contribution in [2.45, 2.75) is 51.3 Å². The second kappa shape index (κ2) is 6.86. The van der Waals surface area contributed by atoms with Crippen LogP contribution >= 0.6 is 0 Å². The van der Waals surface area contributed by atoms with Crippen LogP contribution in [-0.2, 0) is 14.3 Å². The monoisotopic (exact) mass is 272 g/mol. The highest BCUT2D eigenvalue weighted by atomic mass is 16.5. The molecule has 6 nitrogen and oxygen atoms in total. The Balaban J connectivity index is 2.51. The van der Waals surface area contributed by atoms with Crippen LogP contribution in [0.3, 0.4) is 0 Å². The molecule has 0 spiro atoms. The average Bonchev–Trinajstić information content (AvgIpc) is 2.66. The fourth-order valence-electron chi connectivity index (χ4n) is 2.42. The summed E-state index contributed by atoms with van der Waals surface area (Å²) in [6.45, 7) is 3.68. The van der Waals surface area contributed by atoms with E-state index in [9.17, 15) is 14.7 Å². The molecular weight excluding hydrogens is 248 g/mol. The Kier molecular flexibility index (Phi) is 5.75. The van der Waals surface area contributed by atoms with Crippen molar-refractivity contribution in [2.24, 2.45) is 17.6 Å². The molecule has 19 heavy (non-hydrogen) atoms. The van der Waals surface area contributed by atoms with Crippen molar-refractivity contribution in [1.82, 2.24) is 5.32 Å². The minimum atomic E-state index is -0.639. The number of nitrogens with two attached hydrogens (primary N) is 1. The molecule has 0 heterocycles. The molecule has 1 amide bonds. The first-order chi connectivity index (χ1) is 8.86. The standard InChI is InChI=1S/C13H24N2O4/c1-7(2)12(13(18)19-3)15-10(17)6-8-4-5-9(16)11(8)14/h7-9,11-12,16H,4-6,14H2,1-3H3,(H,15,17)/t8?,9?,11?,12-/m0/s1. The van der Waals surface area contributed by atoms with E-state index in [2.05, 4.69) is 10.1 Å². The highest BCUT2D eigenvalue weighted by molar-refractivity contribution is 5.84. The molecule has 0 aliphatic heterocycles. The van der Waals surface area contributed by atoms with E-state index < -0.39 is 18.1 Å². The summed E-state index contributed by atoms with van der Waals surface area (Å²) < 4.78 is 4.66. The number of methoxy groups -OCH3 is 1. The SMILES string of the molecule is COC(=O)[C@@H](NC(=O)CC1CCC(O)C1N)C(C)C. The minimum absolute atomic E-state index is 0.0274. The summed E-state index contributed by atoms with van der Waals surface area (Å²) in [6, 6.07) is -0.999. The van der Waals surface area contributed by atoms with Gasteiger partial charge >= 0.3 is 5.97 Å². The summed E-state index contributed by atoms with van der Waals surface area (Å²) in [6.07, 6.45) is 1.07. The maximum atomic E-state index is 11.9. The smallest absolute Gasteiger partial charge is 0.328 e. The zero-order valence-corrected chi connectivity index (χ0v) is 11.8. The second-order valence-corrected chi connectivity index (χ2v) is 5.50. The third-order valence-electron chi connectivity index (χ3n) is 3.71. The van der Waals surface area contributed by atoms with Crippen molar-refractivity contribution in [3.05, 3.63) is 0 Å².